The molecule has 1 aliphatic heterocycles. The van der Waals surface area contributed by atoms with Gasteiger partial charge in [0.05, 0.1) is 14.9 Å². The Hall–Kier alpha value is -1.39. The molecular weight excluding hydrogens is 537 g/mol. The molecule has 1 aromatic heterocycles. The van der Waals surface area contributed by atoms with Crippen molar-refractivity contribution in [3.05, 3.63) is 52.8 Å². The van der Waals surface area contributed by atoms with Gasteiger partial charge in [0.15, 0.2) is 0 Å². The van der Waals surface area contributed by atoms with E-state index in [9.17, 15) is 8.42 Å². The van der Waals surface area contributed by atoms with Crippen molar-refractivity contribution in [3.63, 3.8) is 0 Å². The molecule has 7 nitrogen and oxygen atoms in total. The average molecular weight is 575 g/mol. The molecule has 2 heterocycles. The smallest absolute Gasteiger partial charge is 0.243 e. The van der Waals surface area contributed by atoms with Crippen molar-refractivity contribution in [2.45, 2.75) is 50.3 Å². The second-order valence-corrected chi connectivity index (χ2v) is 14.8. The van der Waals surface area contributed by atoms with Crippen LogP contribution in [-0.2, 0) is 19.6 Å². The van der Waals surface area contributed by atoms with Crippen molar-refractivity contribution < 1.29 is 8.42 Å². The van der Waals surface area contributed by atoms with Crippen molar-refractivity contribution in [3.8, 4) is 0 Å². The number of pyridine rings is 1. The molecule has 2 aromatic rings. The van der Waals surface area contributed by atoms with Crippen molar-refractivity contribution in [1.82, 2.24) is 9.29 Å². The number of rotatable bonds is 14. The van der Waals surface area contributed by atoms with Gasteiger partial charge in [0.25, 0.3) is 0 Å². The highest BCUT2D eigenvalue weighted by molar-refractivity contribution is 7.93. The molecule has 1 unspecified atom stereocenters. The Bertz CT molecular complexity index is 1190. The zero-order chi connectivity index (χ0) is 26.2. The van der Waals surface area contributed by atoms with Gasteiger partial charge in [0.2, 0.25) is 10.0 Å². The summed E-state index contributed by atoms with van der Waals surface area (Å²) in [6.45, 7) is 5.05. The fourth-order valence-electron chi connectivity index (χ4n) is 4.53. The minimum absolute atomic E-state index is 0.153. The van der Waals surface area contributed by atoms with Crippen LogP contribution in [0.2, 0.25) is 10.0 Å². The van der Waals surface area contributed by atoms with Crippen molar-refractivity contribution in [2.24, 2.45) is 5.92 Å². The molecule has 1 fully saturated rings. The number of hydrogen-bond acceptors (Lipinski definition) is 6. The maximum atomic E-state index is 13.0. The summed E-state index contributed by atoms with van der Waals surface area (Å²) in [6.07, 6.45) is 9.16. The molecule has 0 radical (unpaired) electrons. The summed E-state index contributed by atoms with van der Waals surface area (Å²) >= 11 is 11.9. The maximum Gasteiger partial charge on any atom is 0.243 e. The number of hydrogen-bond donors (Lipinski definition) is 2. The highest BCUT2D eigenvalue weighted by Crippen LogP contribution is 2.30. The van der Waals surface area contributed by atoms with Crippen molar-refractivity contribution >= 4 is 48.5 Å². The van der Waals surface area contributed by atoms with E-state index in [1.165, 1.54) is 28.2 Å². The number of unbranched alkanes of at least 4 members (excludes halogenated alkanes) is 2. The summed E-state index contributed by atoms with van der Waals surface area (Å²) in [5, 5.41) is 0.549. The average Bonchev–Trinajstić information content (AvgIpc) is 3.34. The van der Waals surface area contributed by atoms with Crippen LogP contribution in [0.4, 0.5) is 5.69 Å². The van der Waals surface area contributed by atoms with Crippen LogP contribution in [0.1, 0.15) is 45.4 Å². The first kappa shape index (κ1) is 29.2. The predicted molar refractivity (Wildman–Crippen MR) is 151 cm³/mol. The van der Waals surface area contributed by atoms with E-state index in [2.05, 4.69) is 16.8 Å². The van der Waals surface area contributed by atoms with E-state index in [-0.39, 0.29) is 15.8 Å². The molecule has 36 heavy (non-hydrogen) atoms. The van der Waals surface area contributed by atoms with Crippen LogP contribution in [0.3, 0.4) is 0 Å². The minimum atomic E-state index is -3.62. The quantitative estimate of drug-likeness (QED) is 0.250. The Labute approximate surface area is 226 Å². The molecule has 0 saturated carbocycles. The van der Waals surface area contributed by atoms with Gasteiger partial charge < -0.3 is 4.90 Å². The molecule has 1 aromatic carbocycles. The predicted octanol–water partition coefficient (Wildman–Crippen LogP) is 6.55. The normalized spacial score (nSPS) is 16.9. The van der Waals surface area contributed by atoms with E-state index < -0.39 is 19.6 Å². The highest BCUT2D eigenvalue weighted by Gasteiger charge is 2.32. The lowest BCUT2D eigenvalue weighted by molar-refractivity contribution is 0.453. The Balaban J connectivity index is 1.40. The Kier molecular flexibility index (Phi) is 10.9. The monoisotopic (exact) mass is 573 g/mol. The summed E-state index contributed by atoms with van der Waals surface area (Å²) in [4.78, 5) is 6.63. The van der Waals surface area contributed by atoms with Crippen LogP contribution in [0, 0.1) is 15.5 Å². The highest BCUT2D eigenvalue weighted by atomic mass is 35.5. The third-order valence-electron chi connectivity index (χ3n) is 6.59. The fourth-order valence-corrected chi connectivity index (χ4v) is 8.09. The Morgan fingerprint density at radius 2 is 1.78 bits per heavy atom. The van der Waals surface area contributed by atoms with Gasteiger partial charge in [-0.1, -0.05) is 46.2 Å². The topological polar surface area (TPSA) is 101 Å². The maximum absolute atomic E-state index is 13.0. The summed E-state index contributed by atoms with van der Waals surface area (Å²) < 4.78 is 44.5. The summed E-state index contributed by atoms with van der Waals surface area (Å²) in [7, 11) is -5.79. The number of nitrogens with zero attached hydrogens (tertiary/aromatic N) is 3. The van der Waals surface area contributed by atoms with Gasteiger partial charge in [-0.2, -0.15) is 4.31 Å². The summed E-state index contributed by atoms with van der Waals surface area (Å²) in [6, 6.07) is 8.46. The van der Waals surface area contributed by atoms with Crippen LogP contribution in [0.5, 0.6) is 0 Å². The van der Waals surface area contributed by atoms with Gasteiger partial charge in [-0.15, -0.1) is 0 Å². The van der Waals surface area contributed by atoms with Gasteiger partial charge in [-0.05, 0) is 68.4 Å². The van der Waals surface area contributed by atoms with Crippen molar-refractivity contribution in [1.29, 1.82) is 9.56 Å². The van der Waals surface area contributed by atoms with Crippen LogP contribution in [0.25, 0.3) is 0 Å². The molecular formula is C25H37Cl2N5O2S2. The van der Waals surface area contributed by atoms with Crippen LogP contribution < -0.4 is 4.90 Å². The van der Waals surface area contributed by atoms with E-state index in [1.807, 2.05) is 24.5 Å². The van der Waals surface area contributed by atoms with Gasteiger partial charge >= 0.3 is 0 Å². The van der Waals surface area contributed by atoms with E-state index in [1.54, 1.807) is 0 Å². The second kappa shape index (κ2) is 13.4. The molecule has 0 amide bonds. The van der Waals surface area contributed by atoms with Gasteiger partial charge in [0.1, 0.15) is 0 Å². The van der Waals surface area contributed by atoms with Crippen LogP contribution in [-0.4, -0.2) is 55.4 Å². The fraction of sp³-hybridized carbons (Fsp3) is 0.560. The van der Waals surface area contributed by atoms with Crippen LogP contribution >= 0.6 is 23.2 Å². The van der Waals surface area contributed by atoms with E-state index in [4.69, 9.17) is 32.8 Å². The van der Waals surface area contributed by atoms with E-state index in [0.29, 0.717) is 29.6 Å². The zero-order valence-electron chi connectivity index (χ0n) is 20.8. The number of benzene rings is 1. The SMILES string of the molecule is CCCN(CCCCCS(=N)(=N)CCC1CCN(S(=O)(=O)c2ccc(Cl)c(Cl)c2)C1)c1ccncc1. The number of nitrogens with one attached hydrogen (secondary N) is 2. The first-order chi connectivity index (χ1) is 17.1. The van der Waals surface area contributed by atoms with Gasteiger partial charge in [-0.25, -0.2) is 8.42 Å². The first-order valence-corrected chi connectivity index (χ1v) is 16.7. The Morgan fingerprint density at radius 3 is 2.47 bits per heavy atom. The first-order valence-electron chi connectivity index (χ1n) is 12.5. The van der Waals surface area contributed by atoms with Gasteiger partial charge in [0, 0.05) is 55.8 Å². The third-order valence-corrected chi connectivity index (χ3v) is 11.1. The lowest BCUT2D eigenvalue weighted by Gasteiger charge is -2.24. The molecule has 3 rings (SSSR count). The summed E-state index contributed by atoms with van der Waals surface area (Å²) in [5.41, 5.74) is 1.19. The molecule has 11 heteroatoms. The van der Waals surface area contributed by atoms with E-state index >= 15 is 0 Å². The lowest BCUT2D eigenvalue weighted by Crippen LogP contribution is -2.29. The molecule has 2 N–H and O–H groups in total. The minimum Gasteiger partial charge on any atom is -0.371 e. The number of aromatic nitrogens is 1. The van der Waals surface area contributed by atoms with Crippen molar-refractivity contribution in [2.75, 3.05) is 42.6 Å². The molecule has 0 aliphatic carbocycles. The zero-order valence-corrected chi connectivity index (χ0v) is 24.0. The van der Waals surface area contributed by atoms with E-state index in [0.717, 1.165) is 51.6 Å². The molecule has 1 saturated heterocycles. The summed E-state index contributed by atoms with van der Waals surface area (Å²) in [5.74, 6) is 1.35. The number of halogens is 2. The number of anilines is 1. The Morgan fingerprint density at radius 1 is 1.03 bits per heavy atom. The second-order valence-electron chi connectivity index (χ2n) is 9.43. The molecule has 1 atom stereocenters. The largest absolute Gasteiger partial charge is 0.371 e. The molecule has 0 bridgehead atoms. The third kappa shape index (κ3) is 8.31. The molecule has 200 valence electrons. The standard InChI is InChI=1S/C25H37Cl2N5O2S2/c1-2-14-31(22-8-12-30-13-9-22)15-4-3-5-17-35(28,29)18-11-21-10-16-32(20-21)36(33,34)23-6-7-24(26)25(27)19-23/h6-9,12-13,19,21,28-29H,2-5,10-11,14-18,20H2,1H3. The lowest BCUT2D eigenvalue weighted by atomic mass is 10.1. The van der Waals surface area contributed by atoms with Gasteiger partial charge in [-0.3, -0.25) is 14.5 Å². The molecule has 1 aliphatic rings. The molecule has 0 spiro atoms. The van der Waals surface area contributed by atoms with Crippen LogP contribution in [0.15, 0.2) is 47.6 Å². The number of sulfonamides is 1.